The van der Waals surface area contributed by atoms with Gasteiger partial charge >= 0.3 is 5.97 Å². The Morgan fingerprint density at radius 3 is 2.57 bits per heavy atom. The molecule has 1 aromatic carbocycles. The number of rotatable bonds is 4. The number of halogens is 1. The number of guanidine groups is 1. The fraction of sp³-hybridized carbons (Fsp3) is 0.550. The Morgan fingerprint density at radius 1 is 1.29 bits per heavy atom. The number of aliphatic imine (C=N–C) groups is 1. The van der Waals surface area contributed by atoms with Crippen LogP contribution in [-0.4, -0.2) is 56.5 Å². The summed E-state index contributed by atoms with van der Waals surface area (Å²) in [6, 6.07) is 8.05. The van der Waals surface area contributed by atoms with Gasteiger partial charge in [-0.15, -0.1) is 24.0 Å². The van der Waals surface area contributed by atoms with E-state index in [0.29, 0.717) is 19.5 Å². The average Bonchev–Trinajstić information content (AvgIpc) is 3.28. The fourth-order valence-corrected chi connectivity index (χ4v) is 3.83. The highest BCUT2D eigenvalue weighted by atomic mass is 127. The molecule has 28 heavy (non-hydrogen) atoms. The summed E-state index contributed by atoms with van der Waals surface area (Å²) >= 11 is 0. The van der Waals surface area contributed by atoms with Gasteiger partial charge in [0.2, 0.25) is 5.91 Å². The predicted octanol–water partition coefficient (Wildman–Crippen LogP) is 2.25. The molecular weight excluding hydrogens is 471 g/mol. The number of hydrogen-bond donors (Lipinski definition) is 1. The Morgan fingerprint density at radius 2 is 2.00 bits per heavy atom. The van der Waals surface area contributed by atoms with Crippen LogP contribution in [0.2, 0.25) is 0 Å². The molecule has 0 aromatic heterocycles. The number of ether oxygens (including phenoxy) is 1. The van der Waals surface area contributed by atoms with E-state index >= 15 is 0 Å². The number of carbonyl (C=O) groups excluding carboxylic acids is 2. The molecule has 2 saturated heterocycles. The standard InChI is InChI=1S/C20H28N4O3.HI/c1-14-12-23(13-17(14)19(26)27-3)20(21-2)22-11-15-6-8-16(9-7-15)24-10-4-5-18(24)25;/h6-9,14,17H,4-5,10-13H2,1-3H3,(H,21,22);1H. The van der Waals surface area contributed by atoms with Gasteiger partial charge in [0, 0.05) is 45.3 Å². The van der Waals surface area contributed by atoms with Crippen molar-refractivity contribution in [1.29, 1.82) is 0 Å². The maximum absolute atomic E-state index is 11.9. The third-order valence-corrected chi connectivity index (χ3v) is 5.40. The van der Waals surface area contributed by atoms with Crippen LogP contribution >= 0.6 is 24.0 Å². The number of amides is 1. The molecule has 0 radical (unpaired) electrons. The lowest BCUT2D eigenvalue weighted by Gasteiger charge is -2.22. The van der Waals surface area contributed by atoms with Gasteiger partial charge < -0.3 is 19.9 Å². The summed E-state index contributed by atoms with van der Waals surface area (Å²) in [5.74, 6) is 0.934. The minimum absolute atomic E-state index is 0. The van der Waals surface area contributed by atoms with E-state index in [1.54, 1.807) is 7.05 Å². The van der Waals surface area contributed by atoms with E-state index in [2.05, 4.69) is 22.1 Å². The summed E-state index contributed by atoms with van der Waals surface area (Å²) < 4.78 is 4.90. The molecule has 2 atom stereocenters. The summed E-state index contributed by atoms with van der Waals surface area (Å²) in [5.41, 5.74) is 2.07. The third-order valence-electron chi connectivity index (χ3n) is 5.40. The molecular formula is C20H29IN4O3. The van der Waals surface area contributed by atoms with Crippen molar-refractivity contribution in [3.63, 3.8) is 0 Å². The van der Waals surface area contributed by atoms with E-state index in [-0.39, 0.29) is 47.7 Å². The van der Waals surface area contributed by atoms with Crippen LogP contribution in [0.3, 0.4) is 0 Å². The van der Waals surface area contributed by atoms with Crippen molar-refractivity contribution in [2.45, 2.75) is 26.3 Å². The first-order valence-corrected chi connectivity index (χ1v) is 9.46. The molecule has 154 valence electrons. The van der Waals surface area contributed by atoms with Crippen LogP contribution < -0.4 is 10.2 Å². The second-order valence-electron chi connectivity index (χ2n) is 7.23. The fourth-order valence-electron chi connectivity index (χ4n) is 3.83. The highest BCUT2D eigenvalue weighted by molar-refractivity contribution is 14.0. The molecule has 2 heterocycles. The van der Waals surface area contributed by atoms with Gasteiger partial charge in [-0.05, 0) is 30.0 Å². The number of carbonyl (C=O) groups is 2. The minimum Gasteiger partial charge on any atom is -0.469 e. The predicted molar refractivity (Wildman–Crippen MR) is 120 cm³/mol. The van der Waals surface area contributed by atoms with E-state index in [1.807, 2.05) is 29.2 Å². The van der Waals surface area contributed by atoms with Gasteiger partial charge in [0.1, 0.15) is 0 Å². The molecule has 2 aliphatic rings. The van der Waals surface area contributed by atoms with Gasteiger partial charge in [-0.1, -0.05) is 19.1 Å². The number of anilines is 1. The minimum atomic E-state index is -0.160. The zero-order valence-corrected chi connectivity index (χ0v) is 19.0. The van der Waals surface area contributed by atoms with Crippen molar-refractivity contribution in [3.8, 4) is 0 Å². The number of methoxy groups -OCH3 is 1. The maximum atomic E-state index is 11.9. The molecule has 1 aromatic rings. The van der Waals surface area contributed by atoms with Crippen molar-refractivity contribution in [2.75, 3.05) is 38.7 Å². The number of nitrogens with zero attached hydrogens (tertiary/aromatic N) is 3. The summed E-state index contributed by atoms with van der Waals surface area (Å²) in [5, 5.41) is 3.37. The average molecular weight is 500 g/mol. The number of nitrogens with one attached hydrogen (secondary N) is 1. The van der Waals surface area contributed by atoms with E-state index in [0.717, 1.165) is 36.7 Å². The topological polar surface area (TPSA) is 74.2 Å². The van der Waals surface area contributed by atoms with E-state index < -0.39 is 0 Å². The monoisotopic (exact) mass is 500 g/mol. The molecule has 0 bridgehead atoms. The van der Waals surface area contributed by atoms with Gasteiger partial charge in [-0.25, -0.2) is 0 Å². The highest BCUT2D eigenvalue weighted by Crippen LogP contribution is 2.24. The molecule has 8 heteroatoms. The van der Waals surface area contributed by atoms with Crippen molar-refractivity contribution in [3.05, 3.63) is 29.8 Å². The summed E-state index contributed by atoms with van der Waals surface area (Å²) in [4.78, 5) is 32.0. The Bertz CT molecular complexity index is 723. The smallest absolute Gasteiger partial charge is 0.310 e. The van der Waals surface area contributed by atoms with Crippen molar-refractivity contribution < 1.29 is 14.3 Å². The number of likely N-dealkylation sites (tertiary alicyclic amines) is 1. The van der Waals surface area contributed by atoms with Gasteiger partial charge in [0.25, 0.3) is 0 Å². The normalized spacial score (nSPS) is 22.2. The van der Waals surface area contributed by atoms with E-state index in [9.17, 15) is 9.59 Å². The van der Waals surface area contributed by atoms with Crippen LogP contribution in [0.1, 0.15) is 25.3 Å². The summed E-state index contributed by atoms with van der Waals surface area (Å²) in [7, 11) is 3.19. The van der Waals surface area contributed by atoms with E-state index in [1.165, 1.54) is 7.11 Å². The van der Waals surface area contributed by atoms with Gasteiger partial charge in [0.05, 0.1) is 13.0 Å². The maximum Gasteiger partial charge on any atom is 0.310 e. The molecule has 1 amide bonds. The lowest BCUT2D eigenvalue weighted by molar-refractivity contribution is -0.146. The van der Waals surface area contributed by atoms with E-state index in [4.69, 9.17) is 4.74 Å². The Balaban J connectivity index is 0.00000280. The lowest BCUT2D eigenvalue weighted by Crippen LogP contribution is -2.40. The molecule has 0 aliphatic carbocycles. The molecule has 0 saturated carbocycles. The first-order chi connectivity index (χ1) is 13.0. The molecule has 2 aliphatic heterocycles. The SMILES string of the molecule is CN=C(NCc1ccc(N2CCCC2=O)cc1)N1CC(C)C(C(=O)OC)C1.I. The zero-order chi connectivity index (χ0) is 19.4. The van der Waals surface area contributed by atoms with Crippen molar-refractivity contribution in [2.24, 2.45) is 16.8 Å². The van der Waals surface area contributed by atoms with Crippen LogP contribution in [0.5, 0.6) is 0 Å². The second kappa shape index (κ2) is 10.1. The largest absolute Gasteiger partial charge is 0.469 e. The van der Waals surface area contributed by atoms with Crippen LogP contribution in [0.25, 0.3) is 0 Å². The lowest BCUT2D eigenvalue weighted by atomic mass is 9.99. The van der Waals surface area contributed by atoms with Gasteiger partial charge in [-0.3, -0.25) is 14.6 Å². The highest BCUT2D eigenvalue weighted by Gasteiger charge is 2.36. The Hall–Kier alpha value is -1.84. The first kappa shape index (κ1) is 22.4. The van der Waals surface area contributed by atoms with Gasteiger partial charge in [0.15, 0.2) is 5.96 Å². The zero-order valence-electron chi connectivity index (χ0n) is 16.7. The van der Waals surface area contributed by atoms with Crippen LogP contribution in [0, 0.1) is 11.8 Å². The Kier molecular flexibility index (Phi) is 8.09. The molecule has 2 unspecified atom stereocenters. The first-order valence-electron chi connectivity index (χ1n) is 9.46. The summed E-state index contributed by atoms with van der Waals surface area (Å²) in [6.45, 7) is 4.89. The Labute approximate surface area is 183 Å². The number of hydrogen-bond acceptors (Lipinski definition) is 4. The summed E-state index contributed by atoms with van der Waals surface area (Å²) in [6.07, 6.45) is 1.57. The third kappa shape index (κ3) is 4.95. The van der Waals surface area contributed by atoms with Crippen LogP contribution in [0.4, 0.5) is 5.69 Å². The number of esters is 1. The van der Waals surface area contributed by atoms with Crippen molar-refractivity contribution in [1.82, 2.24) is 10.2 Å². The van der Waals surface area contributed by atoms with Gasteiger partial charge in [-0.2, -0.15) is 0 Å². The molecule has 1 N–H and O–H groups in total. The number of benzene rings is 1. The molecule has 2 fully saturated rings. The molecule has 7 nitrogen and oxygen atoms in total. The second-order valence-corrected chi connectivity index (χ2v) is 7.23. The molecule has 0 spiro atoms. The molecule has 3 rings (SSSR count). The van der Waals surface area contributed by atoms with Crippen LogP contribution in [0.15, 0.2) is 29.3 Å². The quantitative estimate of drug-likeness (QED) is 0.297. The van der Waals surface area contributed by atoms with Crippen LogP contribution in [-0.2, 0) is 20.9 Å². The van der Waals surface area contributed by atoms with Crippen molar-refractivity contribution >= 4 is 47.5 Å².